The lowest BCUT2D eigenvalue weighted by atomic mass is 10.0. The van der Waals surface area contributed by atoms with E-state index >= 15 is 0 Å². The number of piperidine rings is 1. The summed E-state index contributed by atoms with van der Waals surface area (Å²) in [5, 5.41) is 16.7. The van der Waals surface area contributed by atoms with E-state index in [1.165, 1.54) is 11.1 Å². The molecule has 15 nitrogen and oxygen atoms in total. The number of nitrogens with zero attached hydrogens (tertiary/aromatic N) is 3. The van der Waals surface area contributed by atoms with Crippen LogP contribution in [-0.2, 0) is 16.1 Å². The van der Waals surface area contributed by atoms with Crippen LogP contribution in [0.4, 0.5) is 5.69 Å². The first kappa shape index (κ1) is 34.7. The number of hydroxylamine groups is 1. The van der Waals surface area contributed by atoms with Gasteiger partial charge in [0, 0.05) is 54.4 Å². The highest BCUT2D eigenvalue weighted by atomic mass is 16.5. The number of hydrogen-bond donors (Lipinski definition) is 6. The van der Waals surface area contributed by atoms with Crippen LogP contribution in [0.1, 0.15) is 62.3 Å². The number of hydrazine groups is 1. The number of amides is 5. The Kier molecular flexibility index (Phi) is 10.3. The fraction of sp³-hybridized carbons (Fsp3) is 0.250. The molecular formula is C36H38N8O7. The van der Waals surface area contributed by atoms with Crippen molar-refractivity contribution in [1.29, 1.82) is 0 Å². The van der Waals surface area contributed by atoms with Crippen LogP contribution >= 0.6 is 0 Å². The van der Waals surface area contributed by atoms with Gasteiger partial charge < -0.3 is 25.4 Å². The van der Waals surface area contributed by atoms with Gasteiger partial charge in [-0.25, -0.2) is 11.3 Å². The van der Waals surface area contributed by atoms with E-state index in [1.807, 2.05) is 47.2 Å². The van der Waals surface area contributed by atoms with E-state index in [0.29, 0.717) is 36.6 Å². The summed E-state index contributed by atoms with van der Waals surface area (Å²) < 4.78 is 7.94. The van der Waals surface area contributed by atoms with E-state index in [1.54, 1.807) is 35.9 Å². The van der Waals surface area contributed by atoms with Crippen LogP contribution in [0, 0.1) is 0 Å². The second-order valence-electron chi connectivity index (χ2n) is 12.3. The van der Waals surface area contributed by atoms with Crippen molar-refractivity contribution in [2.45, 2.75) is 38.3 Å². The highest BCUT2D eigenvalue weighted by Crippen LogP contribution is 2.32. The van der Waals surface area contributed by atoms with E-state index in [-0.39, 0.29) is 30.5 Å². The van der Waals surface area contributed by atoms with Crippen molar-refractivity contribution in [3.05, 3.63) is 107 Å². The van der Waals surface area contributed by atoms with Crippen molar-refractivity contribution in [3.8, 4) is 5.75 Å². The summed E-state index contributed by atoms with van der Waals surface area (Å²) in [7, 11) is 0. The minimum atomic E-state index is -1.05. The number of imide groups is 2. The molecule has 1 saturated heterocycles. The molecule has 51 heavy (non-hydrogen) atoms. The normalized spacial score (nSPS) is 15.9. The van der Waals surface area contributed by atoms with E-state index < -0.39 is 35.6 Å². The summed E-state index contributed by atoms with van der Waals surface area (Å²) in [6.45, 7) is 1.75. The number of carbonyl (C=O) groups is 5. The van der Waals surface area contributed by atoms with Crippen LogP contribution in [0.15, 0.2) is 84.8 Å². The van der Waals surface area contributed by atoms with Crippen LogP contribution < -0.4 is 32.4 Å². The second-order valence-corrected chi connectivity index (χ2v) is 12.3. The number of anilines is 1. The minimum absolute atomic E-state index is 0.0426. The van der Waals surface area contributed by atoms with Gasteiger partial charge in [-0.3, -0.25) is 39.4 Å². The first-order chi connectivity index (χ1) is 24.6. The fourth-order valence-corrected chi connectivity index (χ4v) is 6.18. The standard InChI is InChI=1S/C36H38N8O7/c37-25(19-39-28-5-3-4-27-32(28)36(49)44(35(27)48)29-12-13-31(45)40-34(29)47)21-43(38)15-1-2-17-51-26-10-6-22(7-11-26)20-42-16-14-23-8-9-24(18-30(23)42)33(46)41-50/h3-11,14,16,18,21,29,39,50H,1-2,12-13,15,17,19-20,37-38H2,(H,41,46)(H,40,45,47)/b25-21-. The SMILES string of the molecule is N/C(=C\N(N)CCCCOc1ccc(Cn2ccc3ccc(C(=O)NO)cc32)cc1)CNc1cccc2c1C(=O)N(C1CCC(=O)NC1=O)C2=O. The number of aromatic nitrogens is 1. The van der Waals surface area contributed by atoms with Gasteiger partial charge in [0.1, 0.15) is 11.8 Å². The number of nitrogens with one attached hydrogen (secondary N) is 3. The largest absolute Gasteiger partial charge is 0.494 e. The topological polar surface area (TPSA) is 214 Å². The summed E-state index contributed by atoms with van der Waals surface area (Å²) in [4.78, 5) is 63.0. The number of hydrogen-bond acceptors (Lipinski definition) is 11. The molecule has 5 amide bonds. The number of carbonyl (C=O) groups excluding carboxylic acids is 5. The maximum Gasteiger partial charge on any atom is 0.274 e. The lowest BCUT2D eigenvalue weighted by molar-refractivity contribution is -0.136. The van der Waals surface area contributed by atoms with Gasteiger partial charge in [0.25, 0.3) is 17.7 Å². The molecule has 2 aliphatic heterocycles. The predicted molar refractivity (Wildman–Crippen MR) is 186 cm³/mol. The van der Waals surface area contributed by atoms with Crippen molar-refractivity contribution in [1.82, 2.24) is 25.3 Å². The highest BCUT2D eigenvalue weighted by molar-refractivity contribution is 6.25. The number of fused-ring (bicyclic) bond motifs is 2. The molecule has 1 atom stereocenters. The molecule has 1 fully saturated rings. The molecule has 4 aromatic rings. The summed E-state index contributed by atoms with van der Waals surface area (Å²) in [6, 6.07) is 18.8. The summed E-state index contributed by atoms with van der Waals surface area (Å²) >= 11 is 0. The van der Waals surface area contributed by atoms with Gasteiger partial charge in [0.2, 0.25) is 11.8 Å². The first-order valence-electron chi connectivity index (χ1n) is 16.4. The molecule has 8 N–H and O–H groups in total. The molecule has 1 aromatic heterocycles. The van der Waals surface area contributed by atoms with Crippen molar-refractivity contribution in [2.75, 3.05) is 25.0 Å². The zero-order chi connectivity index (χ0) is 36.1. The maximum absolute atomic E-state index is 13.3. The molecule has 6 rings (SSSR count). The highest BCUT2D eigenvalue weighted by Gasteiger charge is 2.45. The van der Waals surface area contributed by atoms with Crippen molar-refractivity contribution >= 4 is 46.1 Å². The van der Waals surface area contributed by atoms with Gasteiger partial charge in [-0.15, -0.1) is 0 Å². The third kappa shape index (κ3) is 7.69. The molecule has 0 saturated carbocycles. The zero-order valence-electron chi connectivity index (χ0n) is 27.6. The van der Waals surface area contributed by atoms with E-state index in [2.05, 4.69) is 10.6 Å². The van der Waals surface area contributed by atoms with E-state index in [0.717, 1.165) is 40.0 Å². The smallest absolute Gasteiger partial charge is 0.274 e. The monoisotopic (exact) mass is 694 g/mol. The maximum atomic E-state index is 13.3. The van der Waals surface area contributed by atoms with E-state index in [4.69, 9.17) is 21.5 Å². The Bertz CT molecular complexity index is 2020. The van der Waals surface area contributed by atoms with Crippen LogP contribution in [0.5, 0.6) is 5.75 Å². The molecule has 0 aliphatic carbocycles. The number of rotatable bonds is 14. The Balaban J connectivity index is 0.935. The van der Waals surface area contributed by atoms with Gasteiger partial charge in [-0.1, -0.05) is 24.3 Å². The molecule has 2 aliphatic rings. The quantitative estimate of drug-likeness (QED) is 0.0371. The molecule has 0 bridgehead atoms. The predicted octanol–water partition coefficient (Wildman–Crippen LogP) is 2.46. The van der Waals surface area contributed by atoms with Gasteiger partial charge in [-0.05, 0) is 72.7 Å². The van der Waals surface area contributed by atoms with Gasteiger partial charge in [0.05, 0.1) is 24.3 Å². The lowest BCUT2D eigenvalue weighted by Gasteiger charge is -2.27. The van der Waals surface area contributed by atoms with Gasteiger partial charge in [-0.2, -0.15) is 0 Å². The van der Waals surface area contributed by atoms with Gasteiger partial charge >= 0.3 is 0 Å². The Morgan fingerprint density at radius 2 is 1.84 bits per heavy atom. The van der Waals surface area contributed by atoms with Gasteiger partial charge in [0.15, 0.2) is 0 Å². The molecule has 0 radical (unpaired) electrons. The lowest BCUT2D eigenvalue weighted by Crippen LogP contribution is -2.54. The Morgan fingerprint density at radius 1 is 1.04 bits per heavy atom. The molecule has 1 unspecified atom stereocenters. The number of nitrogens with two attached hydrogens (primary N) is 2. The fourth-order valence-electron chi connectivity index (χ4n) is 6.18. The van der Waals surface area contributed by atoms with Crippen molar-refractivity contribution < 1.29 is 33.9 Å². The Hall–Kier alpha value is -6.19. The second kappa shape index (κ2) is 15.1. The average Bonchev–Trinajstić information content (AvgIpc) is 3.64. The molecule has 3 aromatic carbocycles. The number of ether oxygens (including phenoxy) is 1. The van der Waals surface area contributed by atoms with Crippen LogP contribution in [-0.4, -0.2) is 75.0 Å². The molecule has 15 heteroatoms. The molecule has 264 valence electrons. The van der Waals surface area contributed by atoms with Crippen molar-refractivity contribution in [2.24, 2.45) is 11.6 Å². The Labute approximate surface area is 292 Å². The van der Waals surface area contributed by atoms with Crippen LogP contribution in [0.25, 0.3) is 10.9 Å². The minimum Gasteiger partial charge on any atom is -0.494 e. The molecule has 0 spiro atoms. The summed E-state index contributed by atoms with van der Waals surface area (Å²) in [5.41, 5.74) is 11.3. The van der Waals surface area contributed by atoms with E-state index in [9.17, 15) is 24.0 Å². The molecular weight excluding hydrogens is 656 g/mol. The third-order valence-corrected chi connectivity index (χ3v) is 8.78. The zero-order valence-corrected chi connectivity index (χ0v) is 27.6. The summed E-state index contributed by atoms with van der Waals surface area (Å²) in [5.74, 6) is 4.03. The van der Waals surface area contributed by atoms with Crippen LogP contribution in [0.3, 0.4) is 0 Å². The first-order valence-corrected chi connectivity index (χ1v) is 16.4. The van der Waals surface area contributed by atoms with Crippen LogP contribution in [0.2, 0.25) is 0 Å². The summed E-state index contributed by atoms with van der Waals surface area (Å²) in [6.07, 6.45) is 5.15. The Morgan fingerprint density at radius 3 is 2.61 bits per heavy atom. The number of unbranched alkanes of at least 4 members (excludes halogenated alkanes) is 1. The molecule has 3 heterocycles. The number of benzene rings is 3. The van der Waals surface area contributed by atoms with Crippen molar-refractivity contribution in [3.63, 3.8) is 0 Å². The third-order valence-electron chi connectivity index (χ3n) is 8.78. The average molecular weight is 695 g/mol.